The van der Waals surface area contributed by atoms with Gasteiger partial charge in [0, 0.05) is 19.3 Å². The average Bonchev–Trinajstić information content (AvgIpc) is 3.47. The van der Waals surface area contributed by atoms with Crippen molar-refractivity contribution in [2.75, 3.05) is 13.2 Å². The van der Waals surface area contributed by atoms with Crippen LogP contribution >= 0.6 is 0 Å². The van der Waals surface area contributed by atoms with E-state index in [0.717, 1.165) is 122 Å². The second-order valence-corrected chi connectivity index (χ2v) is 23.1. The molecular formula is C75H130O6. The lowest BCUT2D eigenvalue weighted by atomic mass is 10.0. The molecule has 0 saturated carbocycles. The van der Waals surface area contributed by atoms with Crippen LogP contribution in [0.3, 0.4) is 0 Å². The molecule has 0 aromatic heterocycles. The Bertz CT molecular complexity index is 1580. The maximum Gasteiger partial charge on any atom is 0.306 e. The minimum Gasteiger partial charge on any atom is -0.462 e. The molecule has 0 rings (SSSR count). The quantitative estimate of drug-likeness (QED) is 0.0261. The first-order chi connectivity index (χ1) is 40.0. The summed E-state index contributed by atoms with van der Waals surface area (Å²) in [6.07, 6.45) is 92.9. The lowest BCUT2D eigenvalue weighted by Crippen LogP contribution is -2.30. The van der Waals surface area contributed by atoms with Crippen LogP contribution in [0.5, 0.6) is 0 Å². The van der Waals surface area contributed by atoms with Gasteiger partial charge in [0.25, 0.3) is 0 Å². The molecule has 0 heterocycles. The van der Waals surface area contributed by atoms with Crippen molar-refractivity contribution < 1.29 is 28.6 Å². The molecule has 466 valence electrons. The van der Waals surface area contributed by atoms with E-state index in [9.17, 15) is 14.4 Å². The van der Waals surface area contributed by atoms with Crippen molar-refractivity contribution in [3.8, 4) is 0 Å². The molecule has 0 spiro atoms. The molecule has 0 aliphatic carbocycles. The number of ether oxygens (including phenoxy) is 3. The van der Waals surface area contributed by atoms with Gasteiger partial charge in [-0.3, -0.25) is 14.4 Å². The molecular weight excluding hydrogens is 997 g/mol. The van der Waals surface area contributed by atoms with E-state index >= 15 is 0 Å². The number of unbranched alkanes of at least 4 members (excludes halogenated alkanes) is 36. The van der Waals surface area contributed by atoms with Crippen LogP contribution in [0.25, 0.3) is 0 Å². The molecule has 0 fully saturated rings. The van der Waals surface area contributed by atoms with E-state index in [4.69, 9.17) is 14.2 Å². The molecule has 0 aromatic rings. The average molecular weight is 1130 g/mol. The van der Waals surface area contributed by atoms with Crippen LogP contribution in [-0.2, 0) is 28.6 Å². The largest absolute Gasteiger partial charge is 0.462 e. The zero-order valence-corrected chi connectivity index (χ0v) is 53.5. The molecule has 0 aromatic carbocycles. The molecule has 0 bridgehead atoms. The van der Waals surface area contributed by atoms with Crippen LogP contribution in [0.2, 0.25) is 0 Å². The van der Waals surface area contributed by atoms with Crippen molar-refractivity contribution in [3.63, 3.8) is 0 Å². The van der Waals surface area contributed by atoms with Gasteiger partial charge in [-0.15, -0.1) is 0 Å². The molecule has 81 heavy (non-hydrogen) atoms. The maximum absolute atomic E-state index is 12.9. The van der Waals surface area contributed by atoms with Gasteiger partial charge in [-0.2, -0.15) is 0 Å². The second-order valence-electron chi connectivity index (χ2n) is 23.1. The second kappa shape index (κ2) is 68.8. The Morgan fingerprint density at radius 2 is 0.481 bits per heavy atom. The zero-order valence-electron chi connectivity index (χ0n) is 53.5. The number of hydrogen-bond donors (Lipinski definition) is 0. The monoisotopic (exact) mass is 1130 g/mol. The van der Waals surface area contributed by atoms with E-state index in [0.29, 0.717) is 19.3 Å². The number of rotatable bonds is 63. The fourth-order valence-corrected chi connectivity index (χ4v) is 9.89. The maximum atomic E-state index is 12.9. The van der Waals surface area contributed by atoms with Crippen LogP contribution in [0.1, 0.15) is 342 Å². The summed E-state index contributed by atoms with van der Waals surface area (Å²) in [5.74, 6) is -0.876. The van der Waals surface area contributed by atoms with Crippen molar-refractivity contribution in [2.45, 2.75) is 348 Å². The van der Waals surface area contributed by atoms with Crippen molar-refractivity contribution in [1.82, 2.24) is 0 Å². The highest BCUT2D eigenvalue weighted by atomic mass is 16.6. The Labute approximate surface area is 502 Å². The van der Waals surface area contributed by atoms with Gasteiger partial charge in [0.15, 0.2) is 6.10 Å². The summed E-state index contributed by atoms with van der Waals surface area (Å²) in [5, 5.41) is 0. The summed E-state index contributed by atoms with van der Waals surface area (Å²) in [4.78, 5) is 38.4. The van der Waals surface area contributed by atoms with Gasteiger partial charge in [-0.1, -0.05) is 317 Å². The van der Waals surface area contributed by atoms with Gasteiger partial charge >= 0.3 is 17.9 Å². The fraction of sp³-hybridized carbons (Fsp3) is 0.747. The van der Waals surface area contributed by atoms with Crippen LogP contribution in [-0.4, -0.2) is 37.2 Å². The summed E-state index contributed by atoms with van der Waals surface area (Å²) < 4.78 is 17.0. The third-order valence-corrected chi connectivity index (χ3v) is 15.1. The lowest BCUT2D eigenvalue weighted by molar-refractivity contribution is -0.167. The summed E-state index contributed by atoms with van der Waals surface area (Å²) >= 11 is 0. The molecule has 6 heteroatoms. The van der Waals surface area contributed by atoms with Crippen LogP contribution in [0.15, 0.2) is 97.2 Å². The van der Waals surface area contributed by atoms with Gasteiger partial charge in [0.2, 0.25) is 0 Å². The third-order valence-electron chi connectivity index (χ3n) is 15.1. The number of hydrogen-bond acceptors (Lipinski definition) is 6. The normalized spacial score (nSPS) is 12.7. The van der Waals surface area contributed by atoms with Gasteiger partial charge in [0.1, 0.15) is 13.2 Å². The SMILES string of the molecule is CC/C=C\C/C=C\C/C=C\C/C=C\C/C=C\C/C=C\CCCCCCCCCCCCCCCCC(=O)OCC(COC(=O)CCCCCCCCCCCCCCCC)OC(=O)CCCCCCC/C=C\C/C=C\CCCCCC. The molecule has 1 unspecified atom stereocenters. The van der Waals surface area contributed by atoms with Gasteiger partial charge in [-0.25, -0.2) is 0 Å². The lowest BCUT2D eigenvalue weighted by Gasteiger charge is -2.18. The predicted molar refractivity (Wildman–Crippen MR) is 353 cm³/mol. The summed E-state index contributed by atoms with van der Waals surface area (Å²) in [7, 11) is 0. The van der Waals surface area contributed by atoms with Gasteiger partial charge < -0.3 is 14.2 Å². The first-order valence-electron chi connectivity index (χ1n) is 34.7. The topological polar surface area (TPSA) is 78.9 Å². The number of carbonyl (C=O) groups is 3. The molecule has 0 aliphatic rings. The molecule has 1 atom stereocenters. The molecule has 0 saturated heterocycles. The van der Waals surface area contributed by atoms with Crippen LogP contribution in [0.4, 0.5) is 0 Å². The number of esters is 3. The van der Waals surface area contributed by atoms with Crippen molar-refractivity contribution in [2.24, 2.45) is 0 Å². The Morgan fingerprint density at radius 3 is 0.765 bits per heavy atom. The van der Waals surface area contributed by atoms with Crippen LogP contribution in [0, 0.1) is 0 Å². The first kappa shape index (κ1) is 77.3. The minimum absolute atomic E-state index is 0.0783. The smallest absolute Gasteiger partial charge is 0.306 e. The van der Waals surface area contributed by atoms with Crippen molar-refractivity contribution in [3.05, 3.63) is 97.2 Å². The zero-order chi connectivity index (χ0) is 58.5. The Morgan fingerprint density at radius 1 is 0.259 bits per heavy atom. The van der Waals surface area contributed by atoms with E-state index in [-0.39, 0.29) is 31.1 Å². The highest BCUT2D eigenvalue weighted by Crippen LogP contribution is 2.17. The number of carbonyl (C=O) groups excluding carboxylic acids is 3. The van der Waals surface area contributed by atoms with Crippen LogP contribution < -0.4 is 0 Å². The molecule has 0 amide bonds. The summed E-state index contributed by atoms with van der Waals surface area (Å²) in [6, 6.07) is 0. The predicted octanol–water partition coefficient (Wildman–Crippen LogP) is 24.0. The van der Waals surface area contributed by atoms with E-state index in [2.05, 4.69) is 118 Å². The van der Waals surface area contributed by atoms with Crippen molar-refractivity contribution >= 4 is 17.9 Å². The van der Waals surface area contributed by atoms with E-state index < -0.39 is 6.10 Å². The molecule has 0 N–H and O–H groups in total. The fourth-order valence-electron chi connectivity index (χ4n) is 9.89. The van der Waals surface area contributed by atoms with E-state index in [1.54, 1.807) is 0 Å². The Balaban J connectivity index is 4.21. The van der Waals surface area contributed by atoms with Gasteiger partial charge in [0.05, 0.1) is 0 Å². The standard InChI is InChI=1S/C75H130O6/c1-4-7-10-13-16-19-22-25-28-30-31-32-33-34-35-36-37-38-39-40-41-42-43-44-45-46-48-50-53-56-59-62-65-68-74(77)80-71-72(70-79-73(76)67-64-61-58-55-52-49-27-24-21-18-15-12-9-6-3)81-75(78)69-66-63-60-57-54-51-47-29-26-23-20-17-14-11-8-5-2/h7,10,16,19-20,23,25,28-29,31-32,34-35,37-38,47,72H,4-6,8-9,11-15,17-18,21-22,24,26-27,30,33,36,39-46,48-71H2,1-3H3/b10-7-,19-16-,23-20-,28-25-,32-31-,35-34-,38-37-,47-29-. The number of allylic oxidation sites excluding steroid dienone is 16. The van der Waals surface area contributed by atoms with E-state index in [1.807, 2.05) is 0 Å². The van der Waals surface area contributed by atoms with E-state index in [1.165, 1.54) is 180 Å². The third kappa shape index (κ3) is 67.0. The highest BCUT2D eigenvalue weighted by Gasteiger charge is 2.19. The highest BCUT2D eigenvalue weighted by molar-refractivity contribution is 5.71. The molecule has 0 aliphatic heterocycles. The minimum atomic E-state index is -0.783. The Hall–Kier alpha value is -3.67. The van der Waals surface area contributed by atoms with Gasteiger partial charge in [-0.05, 0) is 103 Å². The first-order valence-corrected chi connectivity index (χ1v) is 34.7. The summed E-state index contributed by atoms with van der Waals surface area (Å²) in [5.41, 5.74) is 0. The van der Waals surface area contributed by atoms with Crippen molar-refractivity contribution in [1.29, 1.82) is 0 Å². The molecule has 6 nitrogen and oxygen atoms in total. The molecule has 0 radical (unpaired) electrons. The summed E-state index contributed by atoms with van der Waals surface area (Å²) in [6.45, 7) is 6.54. The Kier molecular flexibility index (Phi) is 65.7.